The van der Waals surface area contributed by atoms with Gasteiger partial charge in [-0.25, -0.2) is 9.98 Å². The number of thioether (sulfide) groups is 1. The lowest BCUT2D eigenvalue weighted by Gasteiger charge is -2.42. The average Bonchev–Trinajstić information content (AvgIpc) is 3.01. The Hall–Kier alpha value is -2.60. The smallest absolute Gasteiger partial charge is 0.313 e. The Balaban J connectivity index is 1.81. The highest BCUT2D eigenvalue weighted by Gasteiger charge is 2.49. The molecule has 0 radical (unpaired) electrons. The number of hydrogen-bond acceptors (Lipinski definition) is 4. The maximum Gasteiger partial charge on any atom is 0.313 e. The summed E-state index contributed by atoms with van der Waals surface area (Å²) in [5.41, 5.74) is 2.81. The van der Waals surface area contributed by atoms with Crippen molar-refractivity contribution in [1.29, 1.82) is 0 Å². The topological polar surface area (TPSA) is 65.3 Å². The molecule has 1 N–H and O–H groups in total. The molecule has 5 nitrogen and oxygen atoms in total. The van der Waals surface area contributed by atoms with Crippen LogP contribution in [0.25, 0.3) is 0 Å². The van der Waals surface area contributed by atoms with E-state index in [0.717, 1.165) is 48.1 Å². The largest absolute Gasteiger partial charge is 0.481 e. The lowest BCUT2D eigenvalue weighted by Crippen LogP contribution is -2.52. The third kappa shape index (κ3) is 4.08. The molecule has 2 aromatic carbocycles. The number of nitrogens with zero attached hydrogens (tertiary/aromatic N) is 3. The number of para-hydroxylation sites is 1. The number of aryl methyl sites for hydroxylation is 1. The van der Waals surface area contributed by atoms with Gasteiger partial charge in [0.05, 0.1) is 11.4 Å². The van der Waals surface area contributed by atoms with Crippen molar-refractivity contribution in [3.63, 3.8) is 0 Å². The molecule has 0 saturated heterocycles. The van der Waals surface area contributed by atoms with Crippen molar-refractivity contribution in [2.45, 2.75) is 44.6 Å². The number of carboxylic acids is 1. The van der Waals surface area contributed by atoms with Crippen LogP contribution in [-0.4, -0.2) is 33.4 Å². The Labute approximate surface area is 175 Å². The molecule has 0 bridgehead atoms. The summed E-state index contributed by atoms with van der Waals surface area (Å²) in [6.45, 7) is 2.06. The van der Waals surface area contributed by atoms with Crippen molar-refractivity contribution in [2.75, 3.05) is 10.7 Å². The van der Waals surface area contributed by atoms with E-state index in [1.807, 2.05) is 30.3 Å². The van der Waals surface area contributed by atoms with Crippen LogP contribution in [0.5, 0.6) is 0 Å². The summed E-state index contributed by atoms with van der Waals surface area (Å²) < 4.78 is 0. The predicted octanol–water partition coefficient (Wildman–Crippen LogP) is 5.42. The number of hydrogen-bond donors (Lipinski definition) is 1. The molecular weight excluding hydrogens is 382 g/mol. The van der Waals surface area contributed by atoms with Crippen LogP contribution in [0.2, 0.25) is 0 Å². The Kier molecular flexibility index (Phi) is 5.72. The second kappa shape index (κ2) is 8.41. The maximum absolute atomic E-state index is 11.2. The first-order valence-corrected chi connectivity index (χ1v) is 11.0. The molecule has 1 spiro atoms. The van der Waals surface area contributed by atoms with E-state index in [1.165, 1.54) is 23.7 Å². The van der Waals surface area contributed by atoms with Crippen LogP contribution in [0.1, 0.15) is 37.7 Å². The number of benzene rings is 2. The summed E-state index contributed by atoms with van der Waals surface area (Å²) in [4.78, 5) is 23.4. The molecule has 1 fully saturated rings. The summed E-state index contributed by atoms with van der Waals surface area (Å²) in [6.07, 6.45) is 5.37. The number of anilines is 1. The van der Waals surface area contributed by atoms with Gasteiger partial charge in [-0.1, -0.05) is 66.9 Å². The lowest BCUT2D eigenvalue weighted by atomic mass is 9.79. The molecule has 0 amide bonds. The molecular formula is C23H25N3O2S. The van der Waals surface area contributed by atoms with E-state index in [0.29, 0.717) is 0 Å². The Morgan fingerprint density at radius 2 is 1.79 bits per heavy atom. The van der Waals surface area contributed by atoms with Crippen molar-refractivity contribution >= 4 is 40.1 Å². The molecule has 2 aromatic rings. The Morgan fingerprint density at radius 3 is 2.45 bits per heavy atom. The van der Waals surface area contributed by atoms with Gasteiger partial charge in [-0.3, -0.25) is 4.79 Å². The van der Waals surface area contributed by atoms with Gasteiger partial charge in [0.15, 0.2) is 11.0 Å². The van der Waals surface area contributed by atoms with E-state index in [4.69, 9.17) is 9.98 Å². The number of aliphatic imine (C=N–C) groups is 2. The SMILES string of the molecule is Cc1ccc(N=C2N=C(SCC(=O)O)N(c3ccccc3)C23CCCCC3)cc1. The molecule has 1 heterocycles. The van der Waals surface area contributed by atoms with Crippen molar-refractivity contribution in [3.8, 4) is 0 Å². The third-order valence-corrected chi connectivity index (χ3v) is 6.45. The summed E-state index contributed by atoms with van der Waals surface area (Å²) in [6, 6.07) is 18.3. The summed E-state index contributed by atoms with van der Waals surface area (Å²) in [5, 5.41) is 9.96. The molecule has 29 heavy (non-hydrogen) atoms. The van der Waals surface area contributed by atoms with Gasteiger partial charge in [-0.2, -0.15) is 0 Å². The minimum atomic E-state index is -0.840. The van der Waals surface area contributed by atoms with Crippen molar-refractivity contribution in [3.05, 3.63) is 60.2 Å². The number of amidine groups is 2. The molecule has 0 unspecified atom stereocenters. The zero-order valence-corrected chi connectivity index (χ0v) is 17.4. The fraction of sp³-hybridized carbons (Fsp3) is 0.348. The number of carboxylic acid groups (broad SMARTS) is 1. The fourth-order valence-corrected chi connectivity index (χ4v) is 4.95. The van der Waals surface area contributed by atoms with E-state index in [2.05, 4.69) is 36.1 Å². The third-order valence-electron chi connectivity index (χ3n) is 5.53. The van der Waals surface area contributed by atoms with E-state index in [1.54, 1.807) is 0 Å². The Morgan fingerprint density at radius 1 is 1.10 bits per heavy atom. The van der Waals surface area contributed by atoms with Crippen molar-refractivity contribution in [2.24, 2.45) is 9.98 Å². The van der Waals surface area contributed by atoms with E-state index < -0.39 is 5.97 Å². The zero-order valence-electron chi connectivity index (χ0n) is 16.5. The van der Waals surface area contributed by atoms with E-state index in [-0.39, 0.29) is 11.3 Å². The first kappa shape index (κ1) is 19.7. The fourth-order valence-electron chi connectivity index (χ4n) is 4.14. The quantitative estimate of drug-likeness (QED) is 0.735. The predicted molar refractivity (Wildman–Crippen MR) is 121 cm³/mol. The van der Waals surface area contributed by atoms with Gasteiger partial charge in [0, 0.05) is 5.69 Å². The van der Waals surface area contributed by atoms with Gasteiger partial charge in [0.25, 0.3) is 0 Å². The summed E-state index contributed by atoms with van der Waals surface area (Å²) in [7, 11) is 0. The normalized spacial score (nSPS) is 19.6. The van der Waals surface area contributed by atoms with Gasteiger partial charge in [0.2, 0.25) is 0 Å². The minimum absolute atomic E-state index is 0.0178. The van der Waals surface area contributed by atoms with Gasteiger partial charge in [-0.05, 0) is 44.0 Å². The van der Waals surface area contributed by atoms with Gasteiger partial charge < -0.3 is 10.0 Å². The van der Waals surface area contributed by atoms with Gasteiger partial charge in [0.1, 0.15) is 5.54 Å². The van der Waals surface area contributed by atoms with Gasteiger partial charge in [-0.15, -0.1) is 0 Å². The second-order valence-electron chi connectivity index (χ2n) is 7.61. The standard InChI is InChI=1S/C23H25N3O2S/c1-17-10-12-18(13-11-17)24-21-23(14-6-3-7-15-23)26(19-8-4-2-5-9-19)22(25-21)29-16-20(27)28/h2,4-5,8-13H,3,6-7,14-16H2,1H3,(H,27,28). The van der Waals surface area contributed by atoms with Crippen LogP contribution >= 0.6 is 11.8 Å². The van der Waals surface area contributed by atoms with Crippen LogP contribution in [-0.2, 0) is 4.79 Å². The van der Waals surface area contributed by atoms with Crippen LogP contribution in [0.4, 0.5) is 11.4 Å². The second-order valence-corrected chi connectivity index (χ2v) is 8.55. The molecule has 0 aromatic heterocycles. The minimum Gasteiger partial charge on any atom is -0.481 e. The number of carbonyl (C=O) groups is 1. The average molecular weight is 408 g/mol. The number of rotatable bonds is 4. The number of aliphatic carboxylic acids is 1. The highest BCUT2D eigenvalue weighted by molar-refractivity contribution is 8.14. The molecule has 1 saturated carbocycles. The molecule has 6 heteroatoms. The van der Waals surface area contributed by atoms with Crippen molar-refractivity contribution in [1.82, 2.24) is 0 Å². The van der Waals surface area contributed by atoms with E-state index in [9.17, 15) is 9.90 Å². The summed E-state index contributed by atoms with van der Waals surface area (Å²) >= 11 is 1.27. The van der Waals surface area contributed by atoms with Crippen LogP contribution in [0.3, 0.4) is 0 Å². The highest BCUT2D eigenvalue weighted by Crippen LogP contribution is 2.44. The van der Waals surface area contributed by atoms with Crippen LogP contribution < -0.4 is 4.90 Å². The lowest BCUT2D eigenvalue weighted by molar-refractivity contribution is -0.133. The molecule has 4 rings (SSSR count). The van der Waals surface area contributed by atoms with Crippen molar-refractivity contribution < 1.29 is 9.90 Å². The first-order chi connectivity index (χ1) is 14.1. The first-order valence-electron chi connectivity index (χ1n) is 10.0. The molecule has 1 aliphatic heterocycles. The van der Waals surface area contributed by atoms with Crippen LogP contribution in [0.15, 0.2) is 64.6 Å². The zero-order chi connectivity index (χ0) is 20.3. The Bertz CT molecular complexity index is 932. The van der Waals surface area contributed by atoms with E-state index >= 15 is 0 Å². The monoisotopic (exact) mass is 407 g/mol. The summed E-state index contributed by atoms with van der Waals surface area (Å²) in [5.74, 6) is -0.0547. The molecule has 1 aliphatic carbocycles. The molecule has 0 atom stereocenters. The highest BCUT2D eigenvalue weighted by atomic mass is 32.2. The molecule has 150 valence electrons. The molecule has 2 aliphatic rings. The maximum atomic E-state index is 11.2. The van der Waals surface area contributed by atoms with Gasteiger partial charge >= 0.3 is 5.97 Å². The van der Waals surface area contributed by atoms with Crippen LogP contribution in [0, 0.1) is 6.92 Å².